The monoisotopic (exact) mass is 426 g/mol. The molecule has 2 atom stereocenters. The summed E-state index contributed by atoms with van der Waals surface area (Å²) in [4.78, 5) is 12.5. The van der Waals surface area contributed by atoms with Crippen molar-refractivity contribution in [3.05, 3.63) is 64.2 Å². The van der Waals surface area contributed by atoms with Gasteiger partial charge in [0.15, 0.2) is 0 Å². The average Bonchev–Trinajstić information content (AvgIpc) is 3.00. The molecule has 3 rings (SSSR count). The van der Waals surface area contributed by atoms with E-state index >= 15 is 0 Å². The molecule has 0 radical (unpaired) electrons. The van der Waals surface area contributed by atoms with Gasteiger partial charge in [-0.25, -0.2) is 13.6 Å². The number of halogens is 3. The average molecular weight is 427 g/mol. The molecule has 5 nitrogen and oxygen atoms in total. The Bertz CT molecular complexity index is 872. The van der Waals surface area contributed by atoms with E-state index in [2.05, 4.69) is 10.6 Å². The fourth-order valence-corrected chi connectivity index (χ4v) is 3.50. The molecule has 0 aromatic heterocycles. The molecule has 1 heterocycles. The van der Waals surface area contributed by atoms with Crippen molar-refractivity contribution in [3.63, 3.8) is 0 Å². The molecule has 1 aliphatic heterocycles. The van der Waals surface area contributed by atoms with E-state index in [0.29, 0.717) is 5.75 Å². The number of hydrogen-bond donors (Lipinski definition) is 2. The molecule has 28 heavy (non-hydrogen) atoms. The number of thiocarbonyl (C=S) groups is 1. The summed E-state index contributed by atoms with van der Waals surface area (Å²) >= 11 is 10.9. The van der Waals surface area contributed by atoms with E-state index < -0.39 is 29.7 Å². The second kappa shape index (κ2) is 8.70. The summed E-state index contributed by atoms with van der Waals surface area (Å²) in [7, 11) is 1.56. The Kier molecular flexibility index (Phi) is 6.31. The summed E-state index contributed by atoms with van der Waals surface area (Å²) in [5, 5.41) is 5.40. The lowest BCUT2D eigenvalue weighted by molar-refractivity contribution is 0.137. The van der Waals surface area contributed by atoms with Gasteiger partial charge in [-0.15, -0.1) is 0 Å². The van der Waals surface area contributed by atoms with Crippen molar-refractivity contribution in [2.75, 3.05) is 13.7 Å². The summed E-state index contributed by atoms with van der Waals surface area (Å²) in [6, 6.07) is 8.26. The number of benzene rings is 2. The normalized spacial score (nSPS) is 18.5. The predicted octanol–water partition coefficient (Wildman–Crippen LogP) is 3.94. The quantitative estimate of drug-likeness (QED) is 0.709. The largest absolute Gasteiger partial charge is 0.497 e. The molecule has 2 aromatic carbocycles. The number of methoxy groups -OCH3 is 1. The predicted molar refractivity (Wildman–Crippen MR) is 105 cm³/mol. The highest BCUT2D eigenvalue weighted by Crippen LogP contribution is 2.31. The van der Waals surface area contributed by atoms with Crippen molar-refractivity contribution in [1.82, 2.24) is 10.6 Å². The number of carbonyl (C=O) groups is 1. The minimum absolute atomic E-state index is 0.0249. The minimum atomic E-state index is -0.802. The van der Waals surface area contributed by atoms with Crippen LogP contribution >= 0.6 is 23.8 Å². The number of ether oxygens (including phenoxy) is 2. The molecule has 1 fully saturated rings. The van der Waals surface area contributed by atoms with E-state index in [1.54, 1.807) is 31.4 Å². The van der Waals surface area contributed by atoms with Crippen LogP contribution in [0.15, 0.2) is 36.4 Å². The van der Waals surface area contributed by atoms with Crippen molar-refractivity contribution in [2.24, 2.45) is 0 Å². The van der Waals surface area contributed by atoms with Crippen LogP contribution in [0.3, 0.4) is 0 Å². The molecule has 1 saturated heterocycles. The number of hydrogen-bond acceptors (Lipinski definition) is 4. The Balaban J connectivity index is 1.67. The van der Waals surface area contributed by atoms with Gasteiger partial charge in [0.2, 0.25) is 0 Å². The summed E-state index contributed by atoms with van der Waals surface area (Å²) < 4.78 is 38.8. The van der Waals surface area contributed by atoms with Crippen molar-refractivity contribution in [1.29, 1.82) is 0 Å². The first-order chi connectivity index (χ1) is 13.4. The molecule has 148 valence electrons. The van der Waals surface area contributed by atoms with E-state index in [9.17, 15) is 13.6 Å². The summed E-state index contributed by atoms with van der Waals surface area (Å²) in [6.07, 6.45) is -0.744. The standard InChI is InChI=1S/C19H17ClF2N2O3S/c1-26-12-4-2-10(3-5-12)9-27-19(25)24-17-13(8-23-18(17)28)16-14(21)6-11(20)7-15(16)22/h2-7,13,17H,8-9H2,1H3,(H,23,28)(H,24,25)/t13-,17-/m0/s1. The topological polar surface area (TPSA) is 59.6 Å². The van der Waals surface area contributed by atoms with Gasteiger partial charge < -0.3 is 20.1 Å². The first-order valence-electron chi connectivity index (χ1n) is 8.37. The maximum Gasteiger partial charge on any atom is 0.408 e. The minimum Gasteiger partial charge on any atom is -0.497 e. The summed E-state index contributed by atoms with van der Waals surface area (Å²) in [6.45, 7) is 0.203. The number of carbonyl (C=O) groups excluding carboxylic acids is 1. The van der Waals surface area contributed by atoms with Crippen LogP contribution in [-0.2, 0) is 11.3 Å². The maximum absolute atomic E-state index is 14.3. The van der Waals surface area contributed by atoms with E-state index in [4.69, 9.17) is 33.3 Å². The third kappa shape index (κ3) is 4.51. The molecule has 1 amide bonds. The van der Waals surface area contributed by atoms with E-state index in [-0.39, 0.29) is 28.7 Å². The Morgan fingerprint density at radius 2 is 1.93 bits per heavy atom. The zero-order valence-corrected chi connectivity index (χ0v) is 16.4. The number of amides is 1. The smallest absolute Gasteiger partial charge is 0.408 e. The van der Waals surface area contributed by atoms with Crippen LogP contribution in [0.25, 0.3) is 0 Å². The highest BCUT2D eigenvalue weighted by molar-refractivity contribution is 7.80. The third-order valence-electron chi connectivity index (χ3n) is 4.40. The third-order valence-corrected chi connectivity index (χ3v) is 5.01. The van der Waals surface area contributed by atoms with Gasteiger partial charge in [-0.2, -0.15) is 0 Å². The number of rotatable bonds is 5. The highest BCUT2D eigenvalue weighted by Gasteiger charge is 2.37. The van der Waals surface area contributed by atoms with Gasteiger partial charge in [-0.3, -0.25) is 0 Å². The SMILES string of the molecule is COc1ccc(COC(=O)N[C@@H]2C(=S)NC[C@H]2c2c(F)cc(Cl)cc2F)cc1. The molecule has 0 saturated carbocycles. The molecule has 0 bridgehead atoms. The van der Waals surface area contributed by atoms with Crippen molar-refractivity contribution >= 4 is 34.9 Å². The molecule has 2 N–H and O–H groups in total. The molecule has 0 unspecified atom stereocenters. The van der Waals surface area contributed by atoms with Crippen LogP contribution in [0.1, 0.15) is 17.0 Å². The molecule has 1 aliphatic rings. The Morgan fingerprint density at radius 3 is 2.54 bits per heavy atom. The maximum atomic E-state index is 14.3. The van der Waals surface area contributed by atoms with Gasteiger partial charge in [0.05, 0.1) is 18.1 Å². The Labute approximate surface area is 171 Å². The van der Waals surface area contributed by atoms with Crippen LogP contribution in [0, 0.1) is 11.6 Å². The molecular formula is C19H17ClF2N2O3S. The van der Waals surface area contributed by atoms with Crippen LogP contribution < -0.4 is 15.4 Å². The van der Waals surface area contributed by atoms with Gasteiger partial charge in [0, 0.05) is 23.0 Å². The van der Waals surface area contributed by atoms with Crippen molar-refractivity contribution in [2.45, 2.75) is 18.6 Å². The van der Waals surface area contributed by atoms with Crippen molar-refractivity contribution < 1.29 is 23.0 Å². The second-order valence-corrected chi connectivity index (χ2v) is 7.06. The van der Waals surface area contributed by atoms with Gasteiger partial charge >= 0.3 is 6.09 Å². The van der Waals surface area contributed by atoms with E-state index in [1.807, 2.05) is 0 Å². The number of nitrogens with one attached hydrogen (secondary N) is 2. The van der Waals surface area contributed by atoms with Crippen molar-refractivity contribution in [3.8, 4) is 5.75 Å². The van der Waals surface area contributed by atoms with E-state index in [0.717, 1.165) is 17.7 Å². The second-order valence-electron chi connectivity index (χ2n) is 6.18. The molecule has 0 aliphatic carbocycles. The summed E-state index contributed by atoms with van der Waals surface area (Å²) in [5.74, 6) is -1.62. The first kappa shape index (κ1) is 20.3. The lowest BCUT2D eigenvalue weighted by Gasteiger charge is -2.21. The summed E-state index contributed by atoms with van der Waals surface area (Å²) in [5.41, 5.74) is 0.576. The molecule has 0 spiro atoms. The van der Waals surface area contributed by atoms with Gasteiger partial charge in [-0.05, 0) is 29.8 Å². The fourth-order valence-electron chi connectivity index (χ4n) is 3.00. The molecular weight excluding hydrogens is 410 g/mol. The first-order valence-corrected chi connectivity index (χ1v) is 9.16. The van der Waals surface area contributed by atoms with Gasteiger partial charge in [0.25, 0.3) is 0 Å². The number of alkyl carbamates (subject to hydrolysis) is 1. The lowest BCUT2D eigenvalue weighted by atomic mass is 9.93. The van der Waals surface area contributed by atoms with Crippen LogP contribution in [-0.4, -0.2) is 30.8 Å². The fraction of sp³-hybridized carbons (Fsp3) is 0.263. The zero-order chi connectivity index (χ0) is 20.3. The lowest BCUT2D eigenvalue weighted by Crippen LogP contribution is -2.42. The zero-order valence-electron chi connectivity index (χ0n) is 14.8. The highest BCUT2D eigenvalue weighted by atomic mass is 35.5. The van der Waals surface area contributed by atoms with Crippen LogP contribution in [0.5, 0.6) is 5.75 Å². The van der Waals surface area contributed by atoms with Gasteiger partial charge in [-0.1, -0.05) is 36.0 Å². The Morgan fingerprint density at radius 1 is 1.29 bits per heavy atom. The molecule has 2 aromatic rings. The van der Waals surface area contributed by atoms with Crippen LogP contribution in [0.4, 0.5) is 13.6 Å². The van der Waals surface area contributed by atoms with Gasteiger partial charge in [0.1, 0.15) is 24.0 Å². The van der Waals surface area contributed by atoms with E-state index in [1.165, 1.54) is 0 Å². The Hall–Kier alpha value is -2.45. The van der Waals surface area contributed by atoms with Crippen LogP contribution in [0.2, 0.25) is 5.02 Å². The molecule has 9 heteroatoms.